The molecule has 3 amide bonds. The lowest BCUT2D eigenvalue weighted by molar-refractivity contribution is 0.0948. The maximum absolute atomic E-state index is 12.5. The van der Waals surface area contributed by atoms with E-state index in [9.17, 15) is 9.59 Å². The Morgan fingerprint density at radius 3 is 2.26 bits per heavy atom. The number of carbonyl (C=O) groups is 2. The molecule has 0 radical (unpaired) electrons. The van der Waals surface area contributed by atoms with Gasteiger partial charge in [0.15, 0.2) is 0 Å². The zero-order chi connectivity index (χ0) is 18.6. The van der Waals surface area contributed by atoms with Crippen molar-refractivity contribution in [3.63, 3.8) is 0 Å². The lowest BCUT2D eigenvalue weighted by atomic mass is 10.1. The quantitative estimate of drug-likeness (QED) is 0.743. The molecule has 27 heavy (non-hydrogen) atoms. The number of furan rings is 1. The first-order chi connectivity index (χ1) is 13.2. The van der Waals surface area contributed by atoms with E-state index in [1.165, 1.54) is 11.1 Å². The molecule has 3 aromatic rings. The lowest BCUT2D eigenvalue weighted by Crippen LogP contribution is -2.30. The van der Waals surface area contributed by atoms with Gasteiger partial charge in [-0.05, 0) is 47.5 Å². The first-order valence-electron chi connectivity index (χ1n) is 8.72. The molecule has 136 valence electrons. The Morgan fingerprint density at radius 2 is 1.63 bits per heavy atom. The standard InChI is InChI=1S/C21H19N3O3/c25-20(22-12-19-6-3-11-27-19)15-7-9-18(10-8-15)23-21(26)24-13-16-4-1-2-5-17(16)14-24/h1-11H,12-14H2,(H,22,25)(H,23,26). The van der Waals surface area contributed by atoms with E-state index in [1.807, 2.05) is 24.3 Å². The van der Waals surface area contributed by atoms with Gasteiger partial charge in [0, 0.05) is 24.3 Å². The van der Waals surface area contributed by atoms with Gasteiger partial charge in [-0.3, -0.25) is 4.79 Å². The molecular weight excluding hydrogens is 342 g/mol. The summed E-state index contributed by atoms with van der Waals surface area (Å²) in [6.07, 6.45) is 1.57. The van der Waals surface area contributed by atoms with Crippen LogP contribution in [0.5, 0.6) is 0 Å². The van der Waals surface area contributed by atoms with Gasteiger partial charge >= 0.3 is 6.03 Å². The summed E-state index contributed by atoms with van der Waals surface area (Å²) in [5.41, 5.74) is 3.53. The highest BCUT2D eigenvalue weighted by Gasteiger charge is 2.22. The van der Waals surface area contributed by atoms with Gasteiger partial charge in [0.05, 0.1) is 12.8 Å². The minimum absolute atomic E-state index is 0.152. The first kappa shape index (κ1) is 16.9. The third kappa shape index (κ3) is 3.84. The molecule has 2 N–H and O–H groups in total. The molecule has 1 aromatic heterocycles. The maximum atomic E-state index is 12.5. The zero-order valence-corrected chi connectivity index (χ0v) is 14.6. The summed E-state index contributed by atoms with van der Waals surface area (Å²) < 4.78 is 5.19. The highest BCUT2D eigenvalue weighted by molar-refractivity contribution is 5.95. The predicted octanol–water partition coefficient (Wildman–Crippen LogP) is 3.76. The van der Waals surface area contributed by atoms with E-state index in [0.717, 1.165) is 0 Å². The molecule has 0 fully saturated rings. The van der Waals surface area contributed by atoms with Crippen molar-refractivity contribution in [2.75, 3.05) is 5.32 Å². The third-order valence-corrected chi connectivity index (χ3v) is 4.53. The molecule has 6 heteroatoms. The number of benzene rings is 2. The Labute approximate surface area is 156 Å². The van der Waals surface area contributed by atoms with E-state index in [2.05, 4.69) is 10.6 Å². The number of carbonyl (C=O) groups excluding carboxylic acids is 2. The highest BCUT2D eigenvalue weighted by Crippen LogP contribution is 2.23. The van der Waals surface area contributed by atoms with Crippen LogP contribution in [-0.4, -0.2) is 16.8 Å². The molecule has 4 rings (SSSR count). The summed E-state index contributed by atoms with van der Waals surface area (Å²) in [4.78, 5) is 26.4. The normalized spacial score (nSPS) is 12.5. The van der Waals surface area contributed by atoms with Gasteiger partial charge in [0.1, 0.15) is 5.76 Å². The van der Waals surface area contributed by atoms with E-state index >= 15 is 0 Å². The molecule has 2 aromatic carbocycles. The molecular formula is C21H19N3O3. The van der Waals surface area contributed by atoms with Crippen molar-refractivity contribution >= 4 is 17.6 Å². The van der Waals surface area contributed by atoms with Crippen LogP contribution >= 0.6 is 0 Å². The number of rotatable bonds is 4. The van der Waals surface area contributed by atoms with Crippen LogP contribution in [0.2, 0.25) is 0 Å². The fourth-order valence-electron chi connectivity index (χ4n) is 3.07. The summed E-state index contributed by atoms with van der Waals surface area (Å²) >= 11 is 0. The van der Waals surface area contributed by atoms with Crippen LogP contribution in [0.3, 0.4) is 0 Å². The Balaban J connectivity index is 1.32. The number of nitrogens with zero attached hydrogens (tertiary/aromatic N) is 1. The molecule has 0 spiro atoms. The van der Waals surface area contributed by atoms with E-state index in [-0.39, 0.29) is 11.9 Å². The molecule has 2 heterocycles. The smallest absolute Gasteiger partial charge is 0.322 e. The van der Waals surface area contributed by atoms with Crippen molar-refractivity contribution in [1.29, 1.82) is 0 Å². The molecule has 1 aliphatic heterocycles. The lowest BCUT2D eigenvalue weighted by Gasteiger charge is -2.16. The third-order valence-electron chi connectivity index (χ3n) is 4.53. The second-order valence-corrected chi connectivity index (χ2v) is 6.39. The number of anilines is 1. The summed E-state index contributed by atoms with van der Waals surface area (Å²) in [7, 11) is 0. The van der Waals surface area contributed by atoms with Gasteiger partial charge < -0.3 is 20.0 Å². The summed E-state index contributed by atoms with van der Waals surface area (Å²) in [5, 5.41) is 5.67. The SMILES string of the molecule is O=C(NCc1ccco1)c1ccc(NC(=O)N2Cc3ccccc3C2)cc1. The maximum Gasteiger partial charge on any atom is 0.322 e. The van der Waals surface area contributed by atoms with Gasteiger partial charge in [-0.2, -0.15) is 0 Å². The zero-order valence-electron chi connectivity index (χ0n) is 14.6. The van der Waals surface area contributed by atoms with Crippen molar-refractivity contribution in [2.45, 2.75) is 19.6 Å². The molecule has 0 unspecified atom stereocenters. The average molecular weight is 361 g/mol. The molecule has 0 atom stereocenters. The number of urea groups is 1. The minimum atomic E-state index is -0.195. The topological polar surface area (TPSA) is 74.6 Å². The minimum Gasteiger partial charge on any atom is -0.467 e. The fourth-order valence-corrected chi connectivity index (χ4v) is 3.07. The van der Waals surface area contributed by atoms with E-state index in [0.29, 0.717) is 36.6 Å². The second kappa shape index (κ2) is 7.37. The van der Waals surface area contributed by atoms with Crippen LogP contribution in [0.25, 0.3) is 0 Å². The Morgan fingerprint density at radius 1 is 0.926 bits per heavy atom. The van der Waals surface area contributed by atoms with Crippen LogP contribution in [0.15, 0.2) is 71.3 Å². The van der Waals surface area contributed by atoms with Gasteiger partial charge in [0.25, 0.3) is 5.91 Å². The van der Waals surface area contributed by atoms with Gasteiger partial charge in [-0.25, -0.2) is 4.79 Å². The molecule has 6 nitrogen and oxygen atoms in total. The van der Waals surface area contributed by atoms with Crippen LogP contribution in [-0.2, 0) is 19.6 Å². The Kier molecular flexibility index (Phi) is 4.61. The number of fused-ring (bicyclic) bond motifs is 1. The van der Waals surface area contributed by atoms with Gasteiger partial charge in [0.2, 0.25) is 0 Å². The van der Waals surface area contributed by atoms with Crippen molar-refractivity contribution in [1.82, 2.24) is 10.2 Å². The van der Waals surface area contributed by atoms with Gasteiger partial charge in [-0.15, -0.1) is 0 Å². The molecule has 0 bridgehead atoms. The molecule has 0 saturated heterocycles. The summed E-state index contributed by atoms with van der Waals surface area (Å²) in [5.74, 6) is 0.498. The number of hydrogen-bond acceptors (Lipinski definition) is 3. The van der Waals surface area contributed by atoms with Crippen molar-refractivity contribution < 1.29 is 14.0 Å². The molecule has 0 aliphatic carbocycles. The molecule has 0 saturated carbocycles. The molecule has 1 aliphatic rings. The average Bonchev–Trinajstić information content (AvgIpc) is 3.36. The second-order valence-electron chi connectivity index (χ2n) is 6.39. The first-order valence-corrected chi connectivity index (χ1v) is 8.72. The fraction of sp³-hybridized carbons (Fsp3) is 0.143. The predicted molar refractivity (Wildman–Crippen MR) is 101 cm³/mol. The van der Waals surface area contributed by atoms with Crippen LogP contribution in [0, 0.1) is 0 Å². The van der Waals surface area contributed by atoms with E-state index in [1.54, 1.807) is 47.6 Å². The van der Waals surface area contributed by atoms with Crippen LogP contribution < -0.4 is 10.6 Å². The van der Waals surface area contributed by atoms with Gasteiger partial charge in [-0.1, -0.05) is 24.3 Å². The summed E-state index contributed by atoms with van der Waals surface area (Å²) in [6.45, 7) is 1.55. The Bertz CT molecular complexity index is 924. The Hall–Kier alpha value is -3.54. The number of nitrogens with one attached hydrogen (secondary N) is 2. The number of hydrogen-bond donors (Lipinski definition) is 2. The van der Waals surface area contributed by atoms with Crippen molar-refractivity contribution in [3.8, 4) is 0 Å². The highest BCUT2D eigenvalue weighted by atomic mass is 16.3. The van der Waals surface area contributed by atoms with Crippen molar-refractivity contribution in [2.24, 2.45) is 0 Å². The monoisotopic (exact) mass is 361 g/mol. The summed E-state index contributed by atoms with van der Waals surface area (Å²) in [6, 6.07) is 18.3. The van der Waals surface area contributed by atoms with Crippen LogP contribution in [0.4, 0.5) is 10.5 Å². The van der Waals surface area contributed by atoms with E-state index < -0.39 is 0 Å². The number of amides is 3. The largest absolute Gasteiger partial charge is 0.467 e. The van der Waals surface area contributed by atoms with Crippen molar-refractivity contribution in [3.05, 3.63) is 89.4 Å². The van der Waals surface area contributed by atoms with E-state index in [4.69, 9.17) is 4.42 Å². The van der Waals surface area contributed by atoms with Crippen LogP contribution in [0.1, 0.15) is 27.2 Å².